The van der Waals surface area contributed by atoms with Crippen LogP contribution in [0.2, 0.25) is 0 Å². The average Bonchev–Trinajstić information content (AvgIpc) is 2.17. The van der Waals surface area contributed by atoms with Gasteiger partial charge in [-0.1, -0.05) is 37.5 Å². The summed E-state index contributed by atoms with van der Waals surface area (Å²) in [4.78, 5) is 0. The molecule has 0 aromatic carbocycles. The van der Waals surface area contributed by atoms with Crippen molar-refractivity contribution in [3.05, 3.63) is 24.3 Å². The van der Waals surface area contributed by atoms with Crippen molar-refractivity contribution in [2.24, 2.45) is 0 Å². The highest BCUT2D eigenvalue weighted by atomic mass is 14.0. The van der Waals surface area contributed by atoms with Gasteiger partial charge in [-0.05, 0) is 39.0 Å². The fraction of sp³-hybridized carbons (Fsp3) is 0.692. The van der Waals surface area contributed by atoms with Crippen LogP contribution in [-0.4, -0.2) is 0 Å². The molecule has 0 unspecified atom stereocenters. The maximum Gasteiger partial charge on any atom is -0.0321 e. The van der Waals surface area contributed by atoms with Gasteiger partial charge in [-0.15, -0.1) is 6.58 Å². The van der Waals surface area contributed by atoms with Gasteiger partial charge in [0.25, 0.3) is 0 Å². The Morgan fingerprint density at radius 1 is 1.15 bits per heavy atom. The van der Waals surface area contributed by atoms with E-state index in [-0.39, 0.29) is 0 Å². The van der Waals surface area contributed by atoms with Crippen molar-refractivity contribution < 1.29 is 0 Å². The third kappa shape index (κ3) is 7.83. The van der Waals surface area contributed by atoms with E-state index in [1.165, 1.54) is 44.9 Å². The van der Waals surface area contributed by atoms with Gasteiger partial charge in [-0.3, -0.25) is 0 Å². The summed E-state index contributed by atoms with van der Waals surface area (Å²) in [5, 5.41) is 0. The molecular formula is C13H24. The maximum atomic E-state index is 3.72. The number of unbranched alkanes of at least 4 members (excludes halogenated alkanes) is 4. The number of hydrogen-bond donors (Lipinski definition) is 0. The van der Waals surface area contributed by atoms with Crippen LogP contribution in [0.25, 0.3) is 0 Å². The molecule has 0 atom stereocenters. The van der Waals surface area contributed by atoms with Gasteiger partial charge in [0.05, 0.1) is 0 Å². The molecule has 0 nitrogen and oxygen atoms in total. The molecule has 0 aliphatic carbocycles. The summed E-state index contributed by atoms with van der Waals surface area (Å²) in [6.45, 7) is 8.12. The summed E-state index contributed by atoms with van der Waals surface area (Å²) in [6, 6.07) is 0. The van der Waals surface area contributed by atoms with Crippen molar-refractivity contribution in [3.8, 4) is 0 Å². The third-order valence-electron chi connectivity index (χ3n) is 2.52. The lowest BCUT2D eigenvalue weighted by Crippen LogP contribution is -1.83. The fourth-order valence-corrected chi connectivity index (χ4v) is 1.52. The minimum absolute atomic E-state index is 1.18. The van der Waals surface area contributed by atoms with E-state index in [1.54, 1.807) is 5.57 Å². The molecule has 0 heteroatoms. The molecule has 76 valence electrons. The summed E-state index contributed by atoms with van der Waals surface area (Å²) < 4.78 is 0. The van der Waals surface area contributed by atoms with E-state index in [2.05, 4.69) is 26.5 Å². The van der Waals surface area contributed by atoms with Gasteiger partial charge in [0, 0.05) is 0 Å². The fourth-order valence-electron chi connectivity index (χ4n) is 1.52. The first-order valence-electron chi connectivity index (χ1n) is 5.60. The van der Waals surface area contributed by atoms with Crippen molar-refractivity contribution in [2.45, 2.75) is 58.8 Å². The molecule has 0 bridgehead atoms. The summed E-state index contributed by atoms with van der Waals surface area (Å²) in [6.07, 6.45) is 13.4. The van der Waals surface area contributed by atoms with Crippen LogP contribution in [0.1, 0.15) is 58.8 Å². The first kappa shape index (κ1) is 12.5. The molecule has 0 N–H and O–H groups in total. The molecule has 0 saturated carbocycles. The Labute approximate surface area is 83.7 Å². The molecule has 0 aliphatic rings. The summed E-state index contributed by atoms with van der Waals surface area (Å²) in [5.74, 6) is 0. The van der Waals surface area contributed by atoms with Crippen molar-refractivity contribution >= 4 is 0 Å². The van der Waals surface area contributed by atoms with Gasteiger partial charge in [-0.2, -0.15) is 0 Å². The highest BCUT2D eigenvalue weighted by Gasteiger charge is 1.93. The van der Waals surface area contributed by atoms with Crippen molar-refractivity contribution in [2.75, 3.05) is 0 Å². The van der Waals surface area contributed by atoms with Gasteiger partial charge < -0.3 is 0 Å². The van der Waals surface area contributed by atoms with Crippen LogP contribution in [0, 0.1) is 0 Å². The second-order valence-corrected chi connectivity index (χ2v) is 3.54. The predicted molar refractivity (Wildman–Crippen MR) is 61.9 cm³/mol. The SMILES string of the molecule is C=CCCCCCC/C(=C/C)CC. The molecule has 0 radical (unpaired) electrons. The van der Waals surface area contributed by atoms with Crippen molar-refractivity contribution in [1.29, 1.82) is 0 Å². The summed E-state index contributed by atoms with van der Waals surface area (Å²) >= 11 is 0. The molecule has 0 heterocycles. The molecule has 0 aromatic heterocycles. The van der Waals surface area contributed by atoms with Crippen LogP contribution >= 0.6 is 0 Å². The minimum Gasteiger partial charge on any atom is -0.103 e. The van der Waals surface area contributed by atoms with E-state index in [9.17, 15) is 0 Å². The first-order valence-corrected chi connectivity index (χ1v) is 5.60. The zero-order valence-corrected chi connectivity index (χ0v) is 9.31. The van der Waals surface area contributed by atoms with Crippen LogP contribution < -0.4 is 0 Å². The second-order valence-electron chi connectivity index (χ2n) is 3.54. The van der Waals surface area contributed by atoms with Crippen LogP contribution in [-0.2, 0) is 0 Å². The highest BCUT2D eigenvalue weighted by molar-refractivity contribution is 4.98. The zero-order chi connectivity index (χ0) is 9.94. The molecule has 0 rings (SSSR count). The Balaban J connectivity index is 3.20. The van der Waals surface area contributed by atoms with E-state index in [4.69, 9.17) is 0 Å². The van der Waals surface area contributed by atoms with E-state index < -0.39 is 0 Å². The van der Waals surface area contributed by atoms with E-state index in [0.29, 0.717) is 0 Å². The Morgan fingerprint density at radius 3 is 2.38 bits per heavy atom. The van der Waals surface area contributed by atoms with E-state index in [0.717, 1.165) is 0 Å². The van der Waals surface area contributed by atoms with Gasteiger partial charge in [0.15, 0.2) is 0 Å². The van der Waals surface area contributed by atoms with Gasteiger partial charge in [0.1, 0.15) is 0 Å². The number of hydrogen-bond acceptors (Lipinski definition) is 0. The number of rotatable bonds is 8. The van der Waals surface area contributed by atoms with Crippen LogP contribution in [0.5, 0.6) is 0 Å². The monoisotopic (exact) mass is 180 g/mol. The van der Waals surface area contributed by atoms with Gasteiger partial charge in [0.2, 0.25) is 0 Å². The van der Waals surface area contributed by atoms with Crippen LogP contribution in [0.4, 0.5) is 0 Å². The van der Waals surface area contributed by atoms with Crippen LogP contribution in [0.15, 0.2) is 24.3 Å². The Kier molecular flexibility index (Phi) is 9.18. The van der Waals surface area contributed by atoms with Gasteiger partial charge in [-0.25, -0.2) is 0 Å². The first-order chi connectivity index (χ1) is 6.35. The standard InChI is InChI=1S/C13H24/c1-4-7-8-9-10-11-12-13(5-2)6-3/h4-5H,1,6-12H2,2-3H3/b13-5+. The second kappa shape index (κ2) is 9.57. The molecular weight excluding hydrogens is 156 g/mol. The normalized spacial score (nSPS) is 11.7. The van der Waals surface area contributed by atoms with Crippen molar-refractivity contribution in [1.82, 2.24) is 0 Å². The molecule has 0 amide bonds. The lowest BCUT2D eigenvalue weighted by atomic mass is 10.0. The quantitative estimate of drug-likeness (QED) is 0.369. The summed E-state index contributed by atoms with van der Waals surface area (Å²) in [7, 11) is 0. The molecule has 0 aromatic rings. The molecule has 0 spiro atoms. The Bertz CT molecular complexity index is 142. The Morgan fingerprint density at radius 2 is 1.85 bits per heavy atom. The number of allylic oxidation sites excluding steroid dienone is 3. The molecule has 0 saturated heterocycles. The third-order valence-corrected chi connectivity index (χ3v) is 2.52. The largest absolute Gasteiger partial charge is 0.103 e. The lowest BCUT2D eigenvalue weighted by molar-refractivity contribution is 0.639. The molecule has 13 heavy (non-hydrogen) atoms. The topological polar surface area (TPSA) is 0 Å². The summed E-state index contributed by atoms with van der Waals surface area (Å²) in [5.41, 5.74) is 1.61. The Hall–Kier alpha value is -0.520. The van der Waals surface area contributed by atoms with E-state index >= 15 is 0 Å². The maximum absolute atomic E-state index is 3.72. The lowest BCUT2D eigenvalue weighted by Gasteiger charge is -2.03. The van der Waals surface area contributed by atoms with Gasteiger partial charge >= 0.3 is 0 Å². The molecule has 0 aliphatic heterocycles. The van der Waals surface area contributed by atoms with Crippen LogP contribution in [0.3, 0.4) is 0 Å². The molecule has 0 fully saturated rings. The smallest absolute Gasteiger partial charge is 0.0321 e. The predicted octanol–water partition coefficient (Wildman–Crippen LogP) is 4.87. The van der Waals surface area contributed by atoms with Crippen molar-refractivity contribution in [3.63, 3.8) is 0 Å². The minimum atomic E-state index is 1.18. The highest BCUT2D eigenvalue weighted by Crippen LogP contribution is 2.13. The zero-order valence-electron chi connectivity index (χ0n) is 9.31. The van der Waals surface area contributed by atoms with E-state index in [1.807, 2.05) is 6.08 Å². The average molecular weight is 180 g/mol.